The van der Waals surface area contributed by atoms with Crippen molar-refractivity contribution >= 4 is 10.0 Å². The molecule has 2 rings (SSSR count). The first-order chi connectivity index (χ1) is 10.3. The molecule has 0 radical (unpaired) electrons. The van der Waals surface area contributed by atoms with E-state index < -0.39 is 10.0 Å². The number of hydrogen-bond acceptors (Lipinski definition) is 4. The number of nitrogens with one attached hydrogen (secondary N) is 1. The lowest BCUT2D eigenvalue weighted by molar-refractivity contribution is 0.390. The number of nitrogens with zero attached hydrogens (tertiary/aromatic N) is 1. The topological polar surface area (TPSA) is 72.2 Å². The second kappa shape index (κ2) is 6.22. The maximum absolute atomic E-state index is 12.6. The second-order valence-corrected chi connectivity index (χ2v) is 7.25. The fourth-order valence-corrected chi connectivity index (χ4v) is 4.32. The van der Waals surface area contributed by atoms with Gasteiger partial charge in [-0.1, -0.05) is 35.8 Å². The van der Waals surface area contributed by atoms with Crippen molar-refractivity contribution < 1.29 is 12.9 Å². The van der Waals surface area contributed by atoms with Crippen LogP contribution >= 0.6 is 0 Å². The molecule has 0 fully saturated rings. The lowest BCUT2D eigenvalue weighted by atomic mass is 9.98. The molecule has 1 aromatic carbocycles. The monoisotopic (exact) mass is 322 g/mol. The zero-order chi connectivity index (χ0) is 16.5. The van der Waals surface area contributed by atoms with Gasteiger partial charge in [-0.05, 0) is 45.2 Å². The molecule has 0 saturated heterocycles. The predicted molar refractivity (Wildman–Crippen MR) is 85.2 cm³/mol. The molecule has 1 aromatic heterocycles. The van der Waals surface area contributed by atoms with E-state index in [0.717, 1.165) is 16.7 Å². The van der Waals surface area contributed by atoms with Gasteiger partial charge in [-0.15, -0.1) is 0 Å². The van der Waals surface area contributed by atoms with Gasteiger partial charge in [-0.2, -0.15) is 0 Å². The van der Waals surface area contributed by atoms with Gasteiger partial charge >= 0.3 is 0 Å². The van der Waals surface area contributed by atoms with Crippen LogP contribution in [-0.4, -0.2) is 13.6 Å². The van der Waals surface area contributed by atoms with E-state index in [1.54, 1.807) is 13.8 Å². The van der Waals surface area contributed by atoms with Crippen molar-refractivity contribution in [1.29, 1.82) is 0 Å². The summed E-state index contributed by atoms with van der Waals surface area (Å²) in [5.74, 6) is 0.306. The van der Waals surface area contributed by atoms with Crippen LogP contribution in [0.1, 0.15) is 47.5 Å². The van der Waals surface area contributed by atoms with Crippen molar-refractivity contribution in [2.24, 2.45) is 0 Å². The summed E-state index contributed by atoms with van der Waals surface area (Å²) in [4.78, 5) is 0.135. The van der Waals surface area contributed by atoms with Crippen LogP contribution in [0.15, 0.2) is 27.6 Å². The van der Waals surface area contributed by atoms with Crippen LogP contribution in [0.5, 0.6) is 0 Å². The molecule has 0 amide bonds. The van der Waals surface area contributed by atoms with Crippen molar-refractivity contribution in [3.63, 3.8) is 0 Å². The van der Waals surface area contributed by atoms with Crippen molar-refractivity contribution in [2.45, 2.75) is 52.0 Å². The molecule has 120 valence electrons. The first-order valence-corrected chi connectivity index (χ1v) is 8.77. The van der Waals surface area contributed by atoms with Gasteiger partial charge in [0.1, 0.15) is 10.6 Å². The molecular weight excluding hydrogens is 300 g/mol. The summed E-state index contributed by atoms with van der Waals surface area (Å²) >= 11 is 0. The Bertz CT molecular complexity index is 759. The Morgan fingerprint density at radius 1 is 1.23 bits per heavy atom. The van der Waals surface area contributed by atoms with Crippen molar-refractivity contribution in [2.75, 3.05) is 0 Å². The van der Waals surface area contributed by atoms with E-state index in [9.17, 15) is 8.42 Å². The number of aryl methyl sites for hydroxylation is 4. The molecule has 0 aliphatic carbocycles. The Hall–Kier alpha value is -1.66. The predicted octanol–water partition coefficient (Wildman–Crippen LogP) is 3.34. The van der Waals surface area contributed by atoms with Gasteiger partial charge in [0, 0.05) is 6.04 Å². The smallest absolute Gasteiger partial charge is 0.246 e. The fraction of sp³-hybridized carbons (Fsp3) is 0.438. The van der Waals surface area contributed by atoms with Gasteiger partial charge in [-0.25, -0.2) is 13.1 Å². The van der Waals surface area contributed by atoms with E-state index in [0.29, 0.717) is 17.9 Å². The molecule has 0 saturated carbocycles. The van der Waals surface area contributed by atoms with Crippen LogP contribution in [0.2, 0.25) is 0 Å². The minimum absolute atomic E-state index is 0.135. The number of sulfonamides is 1. The Morgan fingerprint density at radius 3 is 2.41 bits per heavy atom. The summed E-state index contributed by atoms with van der Waals surface area (Å²) < 4.78 is 33.0. The number of hydrogen-bond donors (Lipinski definition) is 1. The number of benzene rings is 1. The standard InChI is InChI=1S/C16H22N2O3S/c1-6-15(14-8-7-10(2)9-11(14)3)18-22(19,20)16-12(4)17-21-13(16)5/h7-9,15,18H,6H2,1-5H3/t15-/m0/s1. The van der Waals surface area contributed by atoms with Crippen LogP contribution in [0, 0.1) is 27.7 Å². The van der Waals surface area contributed by atoms with E-state index in [2.05, 4.69) is 15.9 Å². The third-order valence-electron chi connectivity index (χ3n) is 3.74. The molecule has 0 bridgehead atoms. The molecule has 0 spiro atoms. The summed E-state index contributed by atoms with van der Waals surface area (Å²) in [6.45, 7) is 9.20. The highest BCUT2D eigenvalue weighted by molar-refractivity contribution is 7.89. The molecular formula is C16H22N2O3S. The largest absolute Gasteiger partial charge is 0.360 e. The summed E-state index contributed by atoms with van der Waals surface area (Å²) in [7, 11) is -3.67. The van der Waals surface area contributed by atoms with Gasteiger partial charge < -0.3 is 4.52 Å². The molecule has 0 aliphatic rings. The zero-order valence-corrected chi connectivity index (χ0v) is 14.4. The van der Waals surface area contributed by atoms with E-state index in [1.165, 1.54) is 0 Å². The molecule has 1 atom stereocenters. The van der Waals surface area contributed by atoms with Crippen LogP contribution in [-0.2, 0) is 10.0 Å². The van der Waals surface area contributed by atoms with E-state index >= 15 is 0 Å². The van der Waals surface area contributed by atoms with E-state index in [-0.39, 0.29) is 10.9 Å². The van der Waals surface area contributed by atoms with E-state index in [4.69, 9.17) is 4.52 Å². The molecule has 5 nitrogen and oxygen atoms in total. The average molecular weight is 322 g/mol. The zero-order valence-electron chi connectivity index (χ0n) is 13.6. The fourth-order valence-electron chi connectivity index (χ4n) is 2.69. The second-order valence-electron chi connectivity index (χ2n) is 5.60. The highest BCUT2D eigenvalue weighted by Crippen LogP contribution is 2.26. The average Bonchev–Trinajstić information content (AvgIpc) is 2.76. The summed E-state index contributed by atoms with van der Waals surface area (Å²) in [6.07, 6.45) is 0.659. The molecule has 2 aromatic rings. The van der Waals surface area contributed by atoms with Crippen LogP contribution < -0.4 is 4.72 Å². The number of rotatable bonds is 5. The quantitative estimate of drug-likeness (QED) is 0.916. The molecule has 1 heterocycles. The Labute approximate surface area is 131 Å². The van der Waals surface area contributed by atoms with E-state index in [1.807, 2.05) is 32.9 Å². The number of aromatic nitrogens is 1. The Kier molecular flexibility index (Phi) is 4.72. The van der Waals surface area contributed by atoms with Crippen LogP contribution in [0.3, 0.4) is 0 Å². The van der Waals surface area contributed by atoms with Gasteiger partial charge in [0.05, 0.1) is 0 Å². The third-order valence-corrected chi connectivity index (χ3v) is 5.46. The van der Waals surface area contributed by atoms with Gasteiger partial charge in [0.25, 0.3) is 0 Å². The summed E-state index contributed by atoms with van der Waals surface area (Å²) in [5, 5.41) is 3.72. The first-order valence-electron chi connectivity index (χ1n) is 7.28. The molecule has 0 aliphatic heterocycles. The molecule has 1 N–H and O–H groups in total. The highest BCUT2D eigenvalue weighted by Gasteiger charge is 2.27. The van der Waals surface area contributed by atoms with Gasteiger partial charge in [-0.3, -0.25) is 0 Å². The Morgan fingerprint density at radius 2 is 1.91 bits per heavy atom. The van der Waals surface area contributed by atoms with Crippen LogP contribution in [0.4, 0.5) is 0 Å². The minimum Gasteiger partial charge on any atom is -0.360 e. The van der Waals surface area contributed by atoms with Crippen molar-refractivity contribution in [3.8, 4) is 0 Å². The molecule has 6 heteroatoms. The lowest BCUT2D eigenvalue weighted by Gasteiger charge is -2.19. The minimum atomic E-state index is -3.67. The molecule has 0 unspecified atom stereocenters. The summed E-state index contributed by atoms with van der Waals surface area (Å²) in [6, 6.07) is 5.76. The first kappa shape index (κ1) is 16.7. The Balaban J connectivity index is 2.38. The highest BCUT2D eigenvalue weighted by atomic mass is 32.2. The lowest BCUT2D eigenvalue weighted by Crippen LogP contribution is -2.29. The maximum Gasteiger partial charge on any atom is 0.246 e. The molecule has 22 heavy (non-hydrogen) atoms. The van der Waals surface area contributed by atoms with Crippen LogP contribution in [0.25, 0.3) is 0 Å². The summed E-state index contributed by atoms with van der Waals surface area (Å²) in [5.41, 5.74) is 3.60. The van der Waals surface area contributed by atoms with Gasteiger partial charge in [0.2, 0.25) is 10.0 Å². The van der Waals surface area contributed by atoms with Crippen molar-refractivity contribution in [1.82, 2.24) is 9.88 Å². The maximum atomic E-state index is 12.6. The SMILES string of the molecule is CC[C@H](NS(=O)(=O)c1c(C)noc1C)c1ccc(C)cc1C. The van der Waals surface area contributed by atoms with Gasteiger partial charge in [0.15, 0.2) is 5.76 Å². The normalized spacial score (nSPS) is 13.3. The third kappa shape index (κ3) is 3.23. The van der Waals surface area contributed by atoms with Crippen molar-refractivity contribution in [3.05, 3.63) is 46.3 Å².